The van der Waals surface area contributed by atoms with Crippen LogP contribution in [0, 0.1) is 6.92 Å². The number of carbonyl (C=O) groups is 1. The maximum atomic E-state index is 12.7. The highest BCUT2D eigenvalue weighted by Gasteiger charge is 2.35. The zero-order valence-electron chi connectivity index (χ0n) is 14.8. The number of carbonyl (C=O) groups excluding carboxylic acids is 1. The number of hydrogen-bond donors (Lipinski definition) is 1. The first-order chi connectivity index (χ1) is 11.8. The Morgan fingerprint density at radius 3 is 2.72 bits per heavy atom. The molecule has 2 aromatic rings. The minimum absolute atomic E-state index is 0.266. The molecule has 0 aliphatic carbocycles. The molecule has 3 rings (SSSR count). The van der Waals surface area contributed by atoms with Crippen molar-refractivity contribution in [2.45, 2.75) is 45.2 Å². The number of para-hydroxylation sites is 1. The fourth-order valence-electron chi connectivity index (χ4n) is 3.55. The summed E-state index contributed by atoms with van der Waals surface area (Å²) in [5, 5.41) is 3.95. The molecule has 25 heavy (non-hydrogen) atoms. The second kappa shape index (κ2) is 6.80. The van der Waals surface area contributed by atoms with E-state index >= 15 is 0 Å². The van der Waals surface area contributed by atoms with E-state index in [2.05, 4.69) is 5.32 Å². The standard InChI is InChI=1S/C18H24N2O4S/c1-12-14-8-4-5-10-16(14)24-17(12)13(2)19-18(21)15-9-6-7-11-20(15)25(3,22)23/h4-5,8,10,13,15H,6-7,9,11H2,1-3H3,(H,19,21). The van der Waals surface area contributed by atoms with E-state index in [0.717, 1.165) is 35.6 Å². The lowest BCUT2D eigenvalue weighted by Gasteiger charge is -2.33. The Balaban J connectivity index is 1.80. The van der Waals surface area contributed by atoms with Crippen LogP contribution in [0.3, 0.4) is 0 Å². The number of nitrogens with zero attached hydrogens (tertiary/aromatic N) is 1. The zero-order valence-corrected chi connectivity index (χ0v) is 15.6. The Morgan fingerprint density at radius 1 is 1.32 bits per heavy atom. The highest BCUT2D eigenvalue weighted by molar-refractivity contribution is 7.88. The maximum absolute atomic E-state index is 12.7. The molecule has 1 saturated heterocycles. The lowest BCUT2D eigenvalue weighted by molar-refractivity contribution is -0.126. The van der Waals surface area contributed by atoms with Crippen LogP contribution in [0.2, 0.25) is 0 Å². The van der Waals surface area contributed by atoms with Crippen molar-refractivity contribution in [2.24, 2.45) is 0 Å². The Bertz CT molecular complexity index is 888. The van der Waals surface area contributed by atoms with Crippen molar-refractivity contribution in [3.8, 4) is 0 Å². The summed E-state index contributed by atoms with van der Waals surface area (Å²) in [6.07, 6.45) is 3.34. The predicted molar refractivity (Wildman–Crippen MR) is 96.7 cm³/mol. The van der Waals surface area contributed by atoms with Gasteiger partial charge in [0.1, 0.15) is 17.4 Å². The second-order valence-corrected chi connectivity index (χ2v) is 8.64. The van der Waals surface area contributed by atoms with E-state index in [1.54, 1.807) is 0 Å². The minimum atomic E-state index is -3.40. The van der Waals surface area contributed by atoms with Gasteiger partial charge in [-0.25, -0.2) is 8.42 Å². The number of piperidine rings is 1. The lowest BCUT2D eigenvalue weighted by atomic mass is 10.0. The van der Waals surface area contributed by atoms with Crippen molar-refractivity contribution in [3.05, 3.63) is 35.6 Å². The average molecular weight is 364 g/mol. The van der Waals surface area contributed by atoms with Crippen molar-refractivity contribution in [1.29, 1.82) is 0 Å². The van der Waals surface area contributed by atoms with Gasteiger partial charge < -0.3 is 9.73 Å². The summed E-state index contributed by atoms with van der Waals surface area (Å²) in [6.45, 7) is 4.22. The zero-order chi connectivity index (χ0) is 18.2. The number of amides is 1. The van der Waals surface area contributed by atoms with Crippen molar-refractivity contribution in [2.75, 3.05) is 12.8 Å². The van der Waals surface area contributed by atoms with Gasteiger partial charge in [-0.15, -0.1) is 0 Å². The van der Waals surface area contributed by atoms with Gasteiger partial charge in [0, 0.05) is 17.5 Å². The van der Waals surface area contributed by atoms with Crippen LogP contribution in [0.1, 0.15) is 43.6 Å². The van der Waals surface area contributed by atoms with Gasteiger partial charge >= 0.3 is 0 Å². The molecule has 0 radical (unpaired) electrons. The Morgan fingerprint density at radius 2 is 2.04 bits per heavy atom. The Hall–Kier alpha value is -1.86. The summed E-state index contributed by atoms with van der Waals surface area (Å²) in [4.78, 5) is 12.7. The number of nitrogens with one attached hydrogen (secondary N) is 1. The summed E-state index contributed by atoms with van der Waals surface area (Å²) in [5.74, 6) is 0.439. The summed E-state index contributed by atoms with van der Waals surface area (Å²) < 4.78 is 31.1. The molecule has 2 atom stereocenters. The summed E-state index contributed by atoms with van der Waals surface area (Å²) in [7, 11) is -3.40. The molecule has 1 aliphatic heterocycles. The molecule has 2 heterocycles. The minimum Gasteiger partial charge on any atom is -0.459 e. The van der Waals surface area contributed by atoms with Gasteiger partial charge in [0.25, 0.3) is 0 Å². The van der Waals surface area contributed by atoms with Crippen LogP contribution in [0.4, 0.5) is 0 Å². The molecule has 1 amide bonds. The van der Waals surface area contributed by atoms with E-state index in [1.807, 2.05) is 38.1 Å². The number of hydrogen-bond acceptors (Lipinski definition) is 4. The molecular weight excluding hydrogens is 340 g/mol. The molecule has 1 aromatic heterocycles. The Kier molecular flexibility index (Phi) is 4.88. The van der Waals surface area contributed by atoms with Crippen LogP contribution in [0.5, 0.6) is 0 Å². The second-order valence-electron chi connectivity index (χ2n) is 6.70. The van der Waals surface area contributed by atoms with Crippen LogP contribution in [0.15, 0.2) is 28.7 Å². The number of sulfonamides is 1. The number of rotatable bonds is 4. The molecule has 0 saturated carbocycles. The third-order valence-electron chi connectivity index (χ3n) is 4.81. The molecule has 0 spiro atoms. The normalized spacial score (nSPS) is 20.5. The van der Waals surface area contributed by atoms with E-state index in [1.165, 1.54) is 4.31 Å². The van der Waals surface area contributed by atoms with Crippen LogP contribution in [-0.4, -0.2) is 37.5 Å². The largest absolute Gasteiger partial charge is 0.459 e. The topological polar surface area (TPSA) is 79.6 Å². The quantitative estimate of drug-likeness (QED) is 0.905. The van der Waals surface area contributed by atoms with Gasteiger partial charge in [0.2, 0.25) is 15.9 Å². The van der Waals surface area contributed by atoms with Crippen LogP contribution in [0.25, 0.3) is 11.0 Å². The number of benzene rings is 1. The third kappa shape index (κ3) is 3.57. The molecule has 6 nitrogen and oxygen atoms in total. The summed E-state index contributed by atoms with van der Waals surface area (Å²) in [5.41, 5.74) is 1.78. The highest BCUT2D eigenvalue weighted by Crippen LogP contribution is 2.29. The number of aryl methyl sites for hydroxylation is 1. The Labute approximate surface area is 148 Å². The molecule has 0 bridgehead atoms. The van der Waals surface area contributed by atoms with E-state index in [9.17, 15) is 13.2 Å². The van der Waals surface area contributed by atoms with E-state index in [4.69, 9.17) is 4.42 Å². The van der Waals surface area contributed by atoms with Gasteiger partial charge in [-0.05, 0) is 32.8 Å². The van der Waals surface area contributed by atoms with Crippen molar-refractivity contribution in [1.82, 2.24) is 9.62 Å². The van der Waals surface area contributed by atoms with Crippen LogP contribution < -0.4 is 5.32 Å². The van der Waals surface area contributed by atoms with Gasteiger partial charge in [-0.2, -0.15) is 4.31 Å². The predicted octanol–water partition coefficient (Wildman–Crippen LogP) is 2.73. The van der Waals surface area contributed by atoms with Gasteiger partial charge in [0.15, 0.2) is 0 Å². The molecule has 7 heteroatoms. The summed E-state index contributed by atoms with van der Waals surface area (Å²) >= 11 is 0. The first-order valence-electron chi connectivity index (χ1n) is 8.54. The third-order valence-corrected chi connectivity index (χ3v) is 6.10. The van der Waals surface area contributed by atoms with Crippen molar-refractivity contribution < 1.29 is 17.6 Å². The van der Waals surface area contributed by atoms with Crippen LogP contribution in [-0.2, 0) is 14.8 Å². The van der Waals surface area contributed by atoms with Gasteiger partial charge in [0.05, 0.1) is 12.3 Å². The van der Waals surface area contributed by atoms with Gasteiger partial charge in [-0.1, -0.05) is 24.6 Å². The van der Waals surface area contributed by atoms with E-state index < -0.39 is 16.1 Å². The molecule has 1 aliphatic rings. The van der Waals surface area contributed by atoms with Gasteiger partial charge in [-0.3, -0.25) is 4.79 Å². The maximum Gasteiger partial charge on any atom is 0.239 e. The van der Waals surface area contributed by atoms with Crippen molar-refractivity contribution in [3.63, 3.8) is 0 Å². The monoisotopic (exact) mass is 364 g/mol. The van der Waals surface area contributed by atoms with E-state index in [-0.39, 0.29) is 11.9 Å². The van der Waals surface area contributed by atoms with Crippen LogP contribution >= 0.6 is 0 Å². The first kappa shape index (κ1) is 17.9. The average Bonchev–Trinajstić information content (AvgIpc) is 2.91. The molecule has 1 fully saturated rings. The number of furan rings is 1. The van der Waals surface area contributed by atoms with Crippen molar-refractivity contribution >= 4 is 26.9 Å². The fourth-order valence-corrected chi connectivity index (χ4v) is 4.67. The molecule has 1 aromatic carbocycles. The smallest absolute Gasteiger partial charge is 0.239 e. The highest BCUT2D eigenvalue weighted by atomic mass is 32.2. The SMILES string of the molecule is Cc1c(C(C)NC(=O)C2CCCCN2S(C)(=O)=O)oc2ccccc12. The molecular formula is C18H24N2O4S. The molecule has 136 valence electrons. The van der Waals surface area contributed by atoms with E-state index in [0.29, 0.717) is 18.7 Å². The lowest BCUT2D eigenvalue weighted by Crippen LogP contribution is -2.51. The number of fused-ring (bicyclic) bond motifs is 1. The molecule has 1 N–H and O–H groups in total. The molecule has 2 unspecified atom stereocenters. The fraction of sp³-hybridized carbons (Fsp3) is 0.500. The summed E-state index contributed by atoms with van der Waals surface area (Å²) in [6, 6.07) is 6.76. The first-order valence-corrected chi connectivity index (χ1v) is 10.4.